The topological polar surface area (TPSA) is 46.4 Å². The van der Waals surface area contributed by atoms with E-state index in [0.717, 1.165) is 23.9 Å². The fourth-order valence-corrected chi connectivity index (χ4v) is 3.04. The lowest BCUT2D eigenvalue weighted by atomic mass is 9.98. The van der Waals surface area contributed by atoms with Crippen molar-refractivity contribution in [1.82, 2.24) is 4.98 Å². The van der Waals surface area contributed by atoms with E-state index in [4.69, 9.17) is 0 Å². The van der Waals surface area contributed by atoms with Crippen molar-refractivity contribution >= 4 is 22.4 Å². The molecule has 0 aliphatic carbocycles. The SMILES string of the molecule is Cc1cnc(NC(=O)[C@H](C)[NH+]2CCC(C)CC2)s1. The van der Waals surface area contributed by atoms with Gasteiger partial charge in [0.05, 0.1) is 13.1 Å². The lowest BCUT2D eigenvalue weighted by Crippen LogP contribution is -3.17. The van der Waals surface area contributed by atoms with Gasteiger partial charge in [0.2, 0.25) is 0 Å². The first-order chi connectivity index (χ1) is 8.56. The number of likely N-dealkylation sites (tertiary alicyclic amines) is 1. The first-order valence-electron chi connectivity index (χ1n) is 6.64. The molecule has 1 aromatic rings. The molecule has 0 bridgehead atoms. The molecule has 0 aromatic carbocycles. The predicted molar refractivity (Wildman–Crippen MR) is 74.0 cm³/mol. The zero-order valence-corrected chi connectivity index (χ0v) is 12.1. The monoisotopic (exact) mass is 268 g/mol. The number of rotatable bonds is 3. The minimum absolute atomic E-state index is 0.0155. The maximum absolute atomic E-state index is 12.1. The highest BCUT2D eigenvalue weighted by Crippen LogP contribution is 2.16. The first-order valence-corrected chi connectivity index (χ1v) is 7.46. The third kappa shape index (κ3) is 3.29. The summed E-state index contributed by atoms with van der Waals surface area (Å²) in [5.41, 5.74) is 0. The highest BCUT2D eigenvalue weighted by atomic mass is 32.1. The van der Waals surface area contributed by atoms with Gasteiger partial charge in [-0.05, 0) is 32.6 Å². The molecule has 1 saturated heterocycles. The summed E-state index contributed by atoms with van der Waals surface area (Å²) in [6.45, 7) is 8.51. The van der Waals surface area contributed by atoms with E-state index in [-0.39, 0.29) is 11.9 Å². The molecule has 1 atom stereocenters. The lowest BCUT2D eigenvalue weighted by Gasteiger charge is -2.31. The van der Waals surface area contributed by atoms with Gasteiger partial charge in [-0.3, -0.25) is 10.1 Å². The van der Waals surface area contributed by atoms with Crippen molar-refractivity contribution in [2.75, 3.05) is 18.4 Å². The molecule has 5 heteroatoms. The van der Waals surface area contributed by atoms with Gasteiger partial charge < -0.3 is 4.90 Å². The Morgan fingerprint density at radius 3 is 2.78 bits per heavy atom. The average Bonchev–Trinajstić information content (AvgIpc) is 2.75. The maximum Gasteiger partial charge on any atom is 0.284 e. The van der Waals surface area contributed by atoms with E-state index < -0.39 is 0 Å². The van der Waals surface area contributed by atoms with Gasteiger partial charge in [-0.2, -0.15) is 0 Å². The molecule has 1 amide bonds. The molecule has 2 heterocycles. The number of hydrogen-bond acceptors (Lipinski definition) is 3. The van der Waals surface area contributed by atoms with Crippen LogP contribution in [-0.4, -0.2) is 30.0 Å². The molecule has 0 spiro atoms. The van der Waals surface area contributed by atoms with Gasteiger partial charge >= 0.3 is 0 Å². The van der Waals surface area contributed by atoms with Crippen LogP contribution in [0.3, 0.4) is 0 Å². The Morgan fingerprint density at radius 2 is 2.22 bits per heavy atom. The van der Waals surface area contributed by atoms with Gasteiger partial charge in [-0.15, -0.1) is 11.3 Å². The van der Waals surface area contributed by atoms with Crippen LogP contribution in [-0.2, 0) is 4.79 Å². The third-order valence-electron chi connectivity index (χ3n) is 3.77. The number of hydrogen-bond donors (Lipinski definition) is 2. The zero-order chi connectivity index (χ0) is 13.1. The van der Waals surface area contributed by atoms with Crippen molar-refractivity contribution in [2.45, 2.75) is 39.7 Å². The summed E-state index contributed by atoms with van der Waals surface area (Å²) in [7, 11) is 0. The highest BCUT2D eigenvalue weighted by Gasteiger charge is 2.28. The Morgan fingerprint density at radius 1 is 1.56 bits per heavy atom. The summed E-state index contributed by atoms with van der Waals surface area (Å²) in [5, 5.41) is 3.64. The standard InChI is InChI=1S/C13H21N3OS/c1-9-4-6-16(7-5-9)11(3)12(17)15-13-14-8-10(2)18-13/h8-9,11H,4-7H2,1-3H3,(H,14,15,17)/p+1/t11-/m0/s1. The summed E-state index contributed by atoms with van der Waals surface area (Å²) in [5.74, 6) is 0.902. The molecule has 0 saturated carbocycles. The number of piperidine rings is 1. The summed E-state index contributed by atoms with van der Waals surface area (Å²) >= 11 is 1.53. The van der Waals surface area contributed by atoms with Crippen LogP contribution in [0, 0.1) is 12.8 Å². The normalized spacial score (nSPS) is 25.7. The number of aromatic nitrogens is 1. The lowest BCUT2D eigenvalue weighted by molar-refractivity contribution is -0.919. The second-order valence-corrected chi connectivity index (χ2v) is 6.56. The molecule has 1 aromatic heterocycles. The van der Waals surface area contributed by atoms with Gasteiger partial charge in [0.15, 0.2) is 11.2 Å². The average molecular weight is 268 g/mol. The Bertz CT molecular complexity index is 410. The number of thiazole rings is 1. The molecule has 1 aliphatic heterocycles. The van der Waals surface area contributed by atoms with Gasteiger partial charge in [0.1, 0.15) is 0 Å². The number of carbonyl (C=O) groups excluding carboxylic acids is 1. The minimum atomic E-state index is 0.0155. The van der Waals surface area contributed by atoms with E-state index in [1.165, 1.54) is 29.1 Å². The number of anilines is 1. The van der Waals surface area contributed by atoms with Crippen LogP contribution < -0.4 is 10.2 Å². The maximum atomic E-state index is 12.1. The van der Waals surface area contributed by atoms with E-state index in [1.807, 2.05) is 13.8 Å². The van der Waals surface area contributed by atoms with Crippen LogP contribution in [0.5, 0.6) is 0 Å². The molecule has 2 rings (SSSR count). The van der Waals surface area contributed by atoms with Crippen molar-refractivity contribution in [2.24, 2.45) is 5.92 Å². The van der Waals surface area contributed by atoms with Crippen LogP contribution in [0.4, 0.5) is 5.13 Å². The summed E-state index contributed by atoms with van der Waals surface area (Å²) in [4.78, 5) is 18.8. The molecular formula is C13H22N3OS+. The largest absolute Gasteiger partial charge is 0.325 e. The molecule has 4 nitrogen and oxygen atoms in total. The van der Waals surface area contributed by atoms with Crippen molar-refractivity contribution in [3.05, 3.63) is 11.1 Å². The third-order valence-corrected chi connectivity index (χ3v) is 4.60. The summed E-state index contributed by atoms with van der Waals surface area (Å²) < 4.78 is 0. The van der Waals surface area contributed by atoms with Crippen LogP contribution >= 0.6 is 11.3 Å². The molecule has 1 fully saturated rings. The Labute approximate surface area is 112 Å². The molecule has 1 aliphatic rings. The fourth-order valence-electron chi connectivity index (χ4n) is 2.38. The van der Waals surface area contributed by atoms with E-state index in [2.05, 4.69) is 17.2 Å². The number of carbonyl (C=O) groups is 1. The smallest absolute Gasteiger partial charge is 0.284 e. The fraction of sp³-hybridized carbons (Fsp3) is 0.692. The number of aryl methyl sites for hydroxylation is 1. The number of nitrogens with zero attached hydrogens (tertiary/aromatic N) is 1. The second-order valence-electron chi connectivity index (χ2n) is 5.33. The van der Waals surface area contributed by atoms with Crippen molar-refractivity contribution in [3.8, 4) is 0 Å². The number of nitrogens with one attached hydrogen (secondary N) is 2. The van der Waals surface area contributed by atoms with Gasteiger partial charge in [-0.1, -0.05) is 6.92 Å². The van der Waals surface area contributed by atoms with E-state index >= 15 is 0 Å². The van der Waals surface area contributed by atoms with Crippen molar-refractivity contribution < 1.29 is 9.69 Å². The molecule has 2 N–H and O–H groups in total. The van der Waals surface area contributed by atoms with E-state index in [0.29, 0.717) is 5.13 Å². The Kier molecular flexibility index (Phi) is 4.35. The molecule has 18 heavy (non-hydrogen) atoms. The Balaban J connectivity index is 1.88. The summed E-state index contributed by atoms with van der Waals surface area (Å²) in [6.07, 6.45) is 4.24. The van der Waals surface area contributed by atoms with Gasteiger partial charge in [0, 0.05) is 11.1 Å². The van der Waals surface area contributed by atoms with Crippen LogP contribution in [0.15, 0.2) is 6.20 Å². The van der Waals surface area contributed by atoms with Crippen molar-refractivity contribution in [1.29, 1.82) is 0 Å². The molecule has 100 valence electrons. The summed E-state index contributed by atoms with van der Waals surface area (Å²) in [6, 6.07) is 0.0155. The Hall–Kier alpha value is -0.940. The van der Waals surface area contributed by atoms with Crippen LogP contribution in [0.25, 0.3) is 0 Å². The number of amides is 1. The van der Waals surface area contributed by atoms with E-state index in [9.17, 15) is 4.79 Å². The van der Waals surface area contributed by atoms with Crippen molar-refractivity contribution in [3.63, 3.8) is 0 Å². The predicted octanol–water partition coefficient (Wildman–Crippen LogP) is 1.09. The number of quaternary nitrogens is 1. The van der Waals surface area contributed by atoms with Gasteiger partial charge in [-0.25, -0.2) is 4.98 Å². The molecular weight excluding hydrogens is 246 g/mol. The quantitative estimate of drug-likeness (QED) is 0.862. The zero-order valence-electron chi connectivity index (χ0n) is 11.3. The minimum Gasteiger partial charge on any atom is -0.325 e. The van der Waals surface area contributed by atoms with E-state index in [1.54, 1.807) is 6.20 Å². The molecule has 0 unspecified atom stereocenters. The second kappa shape index (κ2) is 5.80. The van der Waals surface area contributed by atoms with Gasteiger partial charge in [0.25, 0.3) is 5.91 Å². The molecule has 0 radical (unpaired) electrons. The van der Waals surface area contributed by atoms with Crippen LogP contribution in [0.2, 0.25) is 0 Å². The highest BCUT2D eigenvalue weighted by molar-refractivity contribution is 7.15. The first kappa shape index (κ1) is 13.5. The van der Waals surface area contributed by atoms with Crippen LogP contribution in [0.1, 0.15) is 31.6 Å².